The molecule has 1 amide bonds. The molecule has 1 aliphatic rings. The molecule has 80 valence electrons. The predicted octanol–water partition coefficient (Wildman–Crippen LogP) is 0.762. The van der Waals surface area contributed by atoms with E-state index in [1.54, 1.807) is 12.1 Å². The SMILES string of the molecule is CN1C(=O)CCN1c1cccc(CO)c1. The largest absolute Gasteiger partial charge is 0.392 e. The maximum absolute atomic E-state index is 11.3. The summed E-state index contributed by atoms with van der Waals surface area (Å²) < 4.78 is 0. The maximum Gasteiger partial charge on any atom is 0.242 e. The van der Waals surface area contributed by atoms with E-state index in [1.807, 2.05) is 29.3 Å². The van der Waals surface area contributed by atoms with Crippen molar-refractivity contribution in [3.63, 3.8) is 0 Å². The molecule has 1 fully saturated rings. The molecule has 0 atom stereocenters. The van der Waals surface area contributed by atoms with Crippen LogP contribution in [-0.2, 0) is 11.4 Å². The molecule has 0 bridgehead atoms. The minimum Gasteiger partial charge on any atom is -0.392 e. The number of anilines is 1. The Hall–Kier alpha value is -1.55. The third-order valence-corrected chi connectivity index (χ3v) is 2.65. The van der Waals surface area contributed by atoms with Crippen molar-refractivity contribution < 1.29 is 9.90 Å². The van der Waals surface area contributed by atoms with Crippen LogP contribution in [0.2, 0.25) is 0 Å². The van der Waals surface area contributed by atoms with Crippen molar-refractivity contribution in [2.75, 3.05) is 18.6 Å². The summed E-state index contributed by atoms with van der Waals surface area (Å²) >= 11 is 0. The number of carbonyl (C=O) groups is 1. The molecule has 0 aromatic heterocycles. The average molecular weight is 206 g/mol. The molecule has 0 saturated carbocycles. The molecule has 1 saturated heterocycles. The Morgan fingerprint density at radius 2 is 2.27 bits per heavy atom. The van der Waals surface area contributed by atoms with E-state index in [0.29, 0.717) is 13.0 Å². The monoisotopic (exact) mass is 206 g/mol. The number of amides is 1. The van der Waals surface area contributed by atoms with Gasteiger partial charge in [0.15, 0.2) is 0 Å². The smallest absolute Gasteiger partial charge is 0.242 e. The van der Waals surface area contributed by atoms with Gasteiger partial charge in [-0.1, -0.05) is 12.1 Å². The fraction of sp³-hybridized carbons (Fsp3) is 0.364. The molecule has 1 heterocycles. The zero-order valence-electron chi connectivity index (χ0n) is 8.68. The van der Waals surface area contributed by atoms with Crippen LogP contribution in [-0.4, -0.2) is 29.6 Å². The van der Waals surface area contributed by atoms with Gasteiger partial charge in [0.1, 0.15) is 0 Å². The number of nitrogens with zero attached hydrogens (tertiary/aromatic N) is 2. The third kappa shape index (κ3) is 1.80. The first-order valence-electron chi connectivity index (χ1n) is 4.96. The van der Waals surface area contributed by atoms with Gasteiger partial charge >= 0.3 is 0 Å². The van der Waals surface area contributed by atoms with Crippen LogP contribution in [0.3, 0.4) is 0 Å². The standard InChI is InChI=1S/C11H14N2O2/c1-12-11(15)5-6-13(12)10-4-2-3-9(7-10)8-14/h2-4,7,14H,5-6,8H2,1H3. The molecule has 15 heavy (non-hydrogen) atoms. The molecule has 0 aliphatic carbocycles. The van der Waals surface area contributed by atoms with Gasteiger partial charge in [-0.3, -0.25) is 14.8 Å². The minimum absolute atomic E-state index is 0.0271. The molecule has 1 N–H and O–H groups in total. The second kappa shape index (κ2) is 3.90. The Labute approximate surface area is 88.7 Å². The number of rotatable bonds is 2. The number of hydrogen-bond donors (Lipinski definition) is 1. The normalized spacial score (nSPS) is 16.3. The van der Waals surface area contributed by atoms with E-state index in [2.05, 4.69) is 0 Å². The van der Waals surface area contributed by atoms with Crippen molar-refractivity contribution >= 4 is 11.6 Å². The molecule has 1 aromatic carbocycles. The van der Waals surface area contributed by atoms with E-state index in [-0.39, 0.29) is 12.5 Å². The lowest BCUT2D eigenvalue weighted by atomic mass is 10.2. The topological polar surface area (TPSA) is 43.8 Å². The lowest BCUT2D eigenvalue weighted by Crippen LogP contribution is -2.35. The van der Waals surface area contributed by atoms with Crippen molar-refractivity contribution in [3.8, 4) is 0 Å². The number of hydrogen-bond acceptors (Lipinski definition) is 3. The predicted molar refractivity (Wildman–Crippen MR) is 57.1 cm³/mol. The molecule has 4 nitrogen and oxygen atoms in total. The van der Waals surface area contributed by atoms with Gasteiger partial charge in [0, 0.05) is 20.0 Å². The van der Waals surface area contributed by atoms with Crippen molar-refractivity contribution in [1.82, 2.24) is 5.01 Å². The third-order valence-electron chi connectivity index (χ3n) is 2.65. The van der Waals surface area contributed by atoms with Crippen LogP contribution in [0.4, 0.5) is 5.69 Å². The molecule has 2 rings (SSSR count). The zero-order valence-corrected chi connectivity index (χ0v) is 8.68. The highest BCUT2D eigenvalue weighted by molar-refractivity contribution is 5.81. The Morgan fingerprint density at radius 3 is 2.87 bits per heavy atom. The van der Waals surface area contributed by atoms with Crippen molar-refractivity contribution in [3.05, 3.63) is 29.8 Å². The first-order valence-corrected chi connectivity index (χ1v) is 4.96. The lowest BCUT2D eigenvalue weighted by molar-refractivity contribution is -0.126. The van der Waals surface area contributed by atoms with Gasteiger partial charge in [-0.05, 0) is 17.7 Å². The Kier molecular flexibility index (Phi) is 2.60. The van der Waals surface area contributed by atoms with Gasteiger partial charge in [-0.25, -0.2) is 0 Å². The van der Waals surface area contributed by atoms with Gasteiger partial charge in [-0.2, -0.15) is 0 Å². The Balaban J connectivity index is 2.26. The van der Waals surface area contributed by atoms with Crippen LogP contribution in [0.5, 0.6) is 0 Å². The van der Waals surface area contributed by atoms with Gasteiger partial charge in [-0.15, -0.1) is 0 Å². The van der Waals surface area contributed by atoms with E-state index in [0.717, 1.165) is 11.3 Å². The summed E-state index contributed by atoms with van der Waals surface area (Å²) in [5.41, 5.74) is 1.81. The highest BCUT2D eigenvalue weighted by Crippen LogP contribution is 2.22. The summed E-state index contributed by atoms with van der Waals surface area (Å²) in [6.45, 7) is 0.740. The van der Waals surface area contributed by atoms with Crippen LogP contribution in [0.1, 0.15) is 12.0 Å². The van der Waals surface area contributed by atoms with Gasteiger partial charge in [0.2, 0.25) is 5.91 Å². The van der Waals surface area contributed by atoms with Crippen LogP contribution in [0, 0.1) is 0 Å². The highest BCUT2D eigenvalue weighted by atomic mass is 16.3. The fourth-order valence-electron chi connectivity index (χ4n) is 1.77. The quantitative estimate of drug-likeness (QED) is 0.777. The summed E-state index contributed by atoms with van der Waals surface area (Å²) in [6.07, 6.45) is 0.555. The number of aliphatic hydroxyl groups excluding tert-OH is 1. The van der Waals surface area contributed by atoms with E-state index in [1.165, 1.54) is 0 Å². The number of carbonyl (C=O) groups excluding carboxylic acids is 1. The minimum atomic E-state index is 0.0271. The second-order valence-corrected chi connectivity index (χ2v) is 3.62. The Morgan fingerprint density at radius 1 is 1.47 bits per heavy atom. The Bertz CT molecular complexity index is 379. The van der Waals surface area contributed by atoms with Gasteiger partial charge in [0.25, 0.3) is 0 Å². The van der Waals surface area contributed by atoms with Crippen LogP contribution in [0.25, 0.3) is 0 Å². The number of hydrazine groups is 1. The number of benzene rings is 1. The van der Waals surface area contributed by atoms with Crippen molar-refractivity contribution in [1.29, 1.82) is 0 Å². The van der Waals surface area contributed by atoms with Crippen LogP contribution >= 0.6 is 0 Å². The second-order valence-electron chi connectivity index (χ2n) is 3.62. The lowest BCUT2D eigenvalue weighted by Gasteiger charge is -2.26. The summed E-state index contributed by atoms with van der Waals surface area (Å²) in [4.78, 5) is 11.3. The van der Waals surface area contributed by atoms with E-state index < -0.39 is 0 Å². The van der Waals surface area contributed by atoms with Crippen LogP contribution < -0.4 is 5.01 Å². The summed E-state index contributed by atoms with van der Waals surface area (Å²) in [7, 11) is 1.76. The molecule has 0 spiro atoms. The first kappa shape index (κ1) is 9.98. The molecule has 1 aromatic rings. The molecule has 1 aliphatic heterocycles. The van der Waals surface area contributed by atoms with Gasteiger partial charge < -0.3 is 5.11 Å². The summed E-state index contributed by atoms with van der Waals surface area (Å²) in [5, 5.41) is 12.6. The molecule has 0 radical (unpaired) electrons. The van der Waals surface area contributed by atoms with Crippen molar-refractivity contribution in [2.45, 2.75) is 13.0 Å². The molecule has 4 heteroatoms. The van der Waals surface area contributed by atoms with E-state index in [4.69, 9.17) is 5.11 Å². The number of aliphatic hydroxyl groups is 1. The van der Waals surface area contributed by atoms with E-state index in [9.17, 15) is 4.79 Å². The first-order chi connectivity index (χ1) is 7.22. The zero-order chi connectivity index (χ0) is 10.8. The van der Waals surface area contributed by atoms with Crippen LogP contribution in [0.15, 0.2) is 24.3 Å². The highest BCUT2D eigenvalue weighted by Gasteiger charge is 2.25. The molecule has 0 unspecified atom stereocenters. The van der Waals surface area contributed by atoms with Crippen molar-refractivity contribution in [2.24, 2.45) is 0 Å². The van der Waals surface area contributed by atoms with E-state index >= 15 is 0 Å². The molecular weight excluding hydrogens is 192 g/mol. The fourth-order valence-corrected chi connectivity index (χ4v) is 1.77. The molecular formula is C11H14N2O2. The summed E-state index contributed by atoms with van der Waals surface area (Å²) in [5.74, 6) is 0.129. The summed E-state index contributed by atoms with van der Waals surface area (Å²) in [6, 6.07) is 7.59. The maximum atomic E-state index is 11.3. The van der Waals surface area contributed by atoms with Gasteiger partial charge in [0.05, 0.1) is 12.3 Å². The average Bonchev–Trinajstić information content (AvgIpc) is 2.60.